The van der Waals surface area contributed by atoms with Crippen LogP contribution in [0.4, 0.5) is 0 Å². The summed E-state index contributed by atoms with van der Waals surface area (Å²) in [5, 5.41) is 14.7. The lowest BCUT2D eigenvalue weighted by Crippen LogP contribution is -2.24. The summed E-state index contributed by atoms with van der Waals surface area (Å²) in [6, 6.07) is 4.27. The van der Waals surface area contributed by atoms with Gasteiger partial charge in [0.15, 0.2) is 5.78 Å². The molecule has 4 nitrogen and oxygen atoms in total. The number of hydrogen-bond donors (Lipinski definition) is 1. The van der Waals surface area contributed by atoms with E-state index in [2.05, 4.69) is 44.6 Å². The highest BCUT2D eigenvalue weighted by Crippen LogP contribution is 2.37. The Kier molecular flexibility index (Phi) is 6.78. The summed E-state index contributed by atoms with van der Waals surface area (Å²) < 4.78 is 0. The lowest BCUT2D eigenvalue weighted by molar-refractivity contribution is -0.116. The molecule has 0 heterocycles. The van der Waals surface area contributed by atoms with Crippen molar-refractivity contribution < 1.29 is 14.7 Å². The van der Waals surface area contributed by atoms with Crippen LogP contribution in [0.3, 0.4) is 0 Å². The lowest BCUT2D eigenvalue weighted by atomic mass is 9.77. The predicted octanol–water partition coefficient (Wildman–Crippen LogP) is 5.23. The quantitative estimate of drug-likeness (QED) is 0.315. The second kappa shape index (κ2) is 8.84. The number of ketones is 1. The van der Waals surface area contributed by atoms with Crippen molar-refractivity contribution in [3.8, 4) is 0 Å². The number of aryl methyl sites for hydroxylation is 3. The molecule has 0 saturated heterocycles. The first-order valence-corrected chi connectivity index (χ1v) is 9.22. The van der Waals surface area contributed by atoms with Crippen molar-refractivity contribution in [1.29, 1.82) is 0 Å². The van der Waals surface area contributed by atoms with Gasteiger partial charge in [-0.05, 0) is 49.8 Å². The van der Waals surface area contributed by atoms with Crippen LogP contribution >= 0.6 is 0 Å². The Morgan fingerprint density at radius 1 is 1.31 bits per heavy atom. The molecule has 1 aromatic rings. The molecule has 0 radical (unpaired) electrons. The number of allylic oxidation sites excluding steroid dienone is 2. The van der Waals surface area contributed by atoms with Gasteiger partial charge in [0.25, 0.3) is 0 Å². The minimum atomic E-state index is -0.0625. The van der Waals surface area contributed by atoms with Crippen LogP contribution in [0.5, 0.6) is 0 Å². The zero-order valence-corrected chi connectivity index (χ0v) is 16.3. The minimum absolute atomic E-state index is 0.00354. The Labute approximate surface area is 156 Å². The molecule has 1 N–H and O–H groups in total. The maximum absolute atomic E-state index is 12.9. The number of aliphatic hydroxyl groups excluding tert-OH is 1. The van der Waals surface area contributed by atoms with Gasteiger partial charge in [-0.15, -0.1) is 0 Å². The number of nitrogens with zero attached hydrogens (tertiary/aromatic N) is 1. The SMILES string of the molecule is C=CCON=C(CCC)C1=C(O)CC(c2c(C)cc(C)cc2C)CC1=O. The number of Topliss-reactive ketones (excluding diaryl/α,β-unsaturated/α-hetero) is 1. The Morgan fingerprint density at radius 2 is 1.96 bits per heavy atom. The van der Waals surface area contributed by atoms with Crippen LogP contribution in [-0.2, 0) is 9.63 Å². The molecule has 0 aromatic heterocycles. The number of carbonyl (C=O) groups is 1. The Morgan fingerprint density at radius 3 is 2.50 bits per heavy atom. The van der Waals surface area contributed by atoms with Crippen LogP contribution in [0.25, 0.3) is 0 Å². The van der Waals surface area contributed by atoms with Gasteiger partial charge in [0.1, 0.15) is 12.4 Å². The van der Waals surface area contributed by atoms with E-state index in [-0.39, 0.29) is 24.1 Å². The first-order valence-electron chi connectivity index (χ1n) is 9.22. The first-order chi connectivity index (χ1) is 12.4. The molecule has 1 atom stereocenters. The Balaban J connectivity index is 2.36. The molecular formula is C22H29NO3. The van der Waals surface area contributed by atoms with Crippen molar-refractivity contribution in [1.82, 2.24) is 0 Å². The van der Waals surface area contributed by atoms with Crippen molar-refractivity contribution in [2.45, 2.75) is 59.3 Å². The fourth-order valence-electron chi connectivity index (χ4n) is 3.88. The van der Waals surface area contributed by atoms with Crippen LogP contribution in [0.2, 0.25) is 0 Å². The summed E-state index contributed by atoms with van der Waals surface area (Å²) in [6.07, 6.45) is 3.85. The van der Waals surface area contributed by atoms with E-state index in [1.165, 1.54) is 22.3 Å². The summed E-state index contributed by atoms with van der Waals surface area (Å²) in [4.78, 5) is 18.0. The molecule has 4 heteroatoms. The second-order valence-corrected chi connectivity index (χ2v) is 7.03. The van der Waals surface area contributed by atoms with E-state index in [1.54, 1.807) is 6.08 Å². The van der Waals surface area contributed by atoms with Gasteiger partial charge in [0.05, 0.1) is 11.3 Å². The average molecular weight is 355 g/mol. The molecule has 26 heavy (non-hydrogen) atoms. The molecule has 0 aliphatic heterocycles. The second-order valence-electron chi connectivity index (χ2n) is 7.03. The van der Waals surface area contributed by atoms with E-state index < -0.39 is 0 Å². The molecule has 0 spiro atoms. The number of oxime groups is 1. The maximum atomic E-state index is 12.9. The van der Waals surface area contributed by atoms with Gasteiger partial charge in [-0.3, -0.25) is 4.79 Å². The number of hydrogen-bond acceptors (Lipinski definition) is 4. The largest absolute Gasteiger partial charge is 0.511 e. The summed E-state index contributed by atoms with van der Waals surface area (Å²) in [5.74, 6) is 0.0661. The molecule has 0 bridgehead atoms. The van der Waals surface area contributed by atoms with Crippen molar-refractivity contribution in [2.75, 3.05) is 6.61 Å². The van der Waals surface area contributed by atoms with Crippen LogP contribution < -0.4 is 0 Å². The van der Waals surface area contributed by atoms with Crippen molar-refractivity contribution in [3.63, 3.8) is 0 Å². The molecule has 1 aromatic carbocycles. The van der Waals surface area contributed by atoms with Crippen molar-refractivity contribution >= 4 is 11.5 Å². The van der Waals surface area contributed by atoms with E-state index >= 15 is 0 Å². The molecule has 0 amide bonds. The highest BCUT2D eigenvalue weighted by atomic mass is 16.6. The third-order valence-corrected chi connectivity index (χ3v) is 4.73. The highest BCUT2D eigenvalue weighted by Gasteiger charge is 2.32. The van der Waals surface area contributed by atoms with E-state index in [1.807, 2.05) is 6.92 Å². The summed E-state index contributed by atoms with van der Waals surface area (Å²) in [7, 11) is 0. The number of rotatable bonds is 7. The Hall–Kier alpha value is -2.36. The molecule has 1 aliphatic carbocycles. The van der Waals surface area contributed by atoms with Crippen LogP contribution in [0.15, 0.2) is 41.3 Å². The fourth-order valence-corrected chi connectivity index (χ4v) is 3.88. The topological polar surface area (TPSA) is 58.9 Å². The van der Waals surface area contributed by atoms with Gasteiger partial charge in [-0.25, -0.2) is 0 Å². The smallest absolute Gasteiger partial charge is 0.168 e. The fraction of sp³-hybridized carbons (Fsp3) is 0.455. The molecule has 1 aliphatic rings. The third kappa shape index (κ3) is 4.43. The van der Waals surface area contributed by atoms with Crippen LogP contribution in [-0.4, -0.2) is 23.2 Å². The molecule has 0 saturated carbocycles. The molecule has 1 unspecified atom stereocenters. The zero-order valence-electron chi connectivity index (χ0n) is 16.3. The number of benzene rings is 1. The van der Waals surface area contributed by atoms with Gasteiger partial charge in [-0.1, -0.05) is 48.9 Å². The van der Waals surface area contributed by atoms with Crippen molar-refractivity contribution in [2.24, 2.45) is 5.16 Å². The molecule has 0 fully saturated rings. The minimum Gasteiger partial charge on any atom is -0.511 e. The number of aliphatic hydroxyl groups is 1. The standard InChI is InChI=1S/C22H29NO3/c1-6-8-18(23-26-9-7-2)22-19(24)12-17(13-20(22)25)21-15(4)10-14(3)11-16(21)5/h7,10-11,17,24H,2,6,8-9,12-13H2,1,3-5H3. The molecular weight excluding hydrogens is 326 g/mol. The summed E-state index contributed by atoms with van der Waals surface area (Å²) in [5.41, 5.74) is 5.61. The van der Waals surface area contributed by atoms with Crippen molar-refractivity contribution in [3.05, 3.63) is 58.4 Å². The zero-order chi connectivity index (χ0) is 19.3. The van der Waals surface area contributed by atoms with Gasteiger partial charge in [0, 0.05) is 12.8 Å². The number of carbonyl (C=O) groups excluding carboxylic acids is 1. The first kappa shape index (κ1) is 20.0. The molecule has 2 rings (SSSR count). The van der Waals surface area contributed by atoms with E-state index in [0.29, 0.717) is 30.5 Å². The monoisotopic (exact) mass is 355 g/mol. The highest BCUT2D eigenvalue weighted by molar-refractivity contribution is 6.23. The van der Waals surface area contributed by atoms with E-state index in [0.717, 1.165) is 6.42 Å². The predicted molar refractivity (Wildman–Crippen MR) is 106 cm³/mol. The van der Waals surface area contributed by atoms with Gasteiger partial charge in [-0.2, -0.15) is 0 Å². The Bertz CT molecular complexity index is 736. The average Bonchev–Trinajstić information content (AvgIpc) is 2.53. The summed E-state index contributed by atoms with van der Waals surface area (Å²) in [6.45, 7) is 12.1. The van der Waals surface area contributed by atoms with E-state index in [9.17, 15) is 9.90 Å². The molecule has 140 valence electrons. The maximum Gasteiger partial charge on any atom is 0.168 e. The van der Waals surface area contributed by atoms with E-state index in [4.69, 9.17) is 4.84 Å². The van der Waals surface area contributed by atoms with Gasteiger partial charge < -0.3 is 9.94 Å². The van der Waals surface area contributed by atoms with Gasteiger partial charge in [0.2, 0.25) is 0 Å². The third-order valence-electron chi connectivity index (χ3n) is 4.73. The lowest BCUT2D eigenvalue weighted by Gasteiger charge is -2.27. The van der Waals surface area contributed by atoms with Crippen LogP contribution in [0.1, 0.15) is 60.8 Å². The summed E-state index contributed by atoms with van der Waals surface area (Å²) >= 11 is 0. The van der Waals surface area contributed by atoms with Gasteiger partial charge >= 0.3 is 0 Å². The van der Waals surface area contributed by atoms with Crippen LogP contribution in [0, 0.1) is 20.8 Å². The normalized spacial score (nSPS) is 18.2.